The lowest BCUT2D eigenvalue weighted by Crippen LogP contribution is -2.29. The van der Waals surface area contributed by atoms with E-state index in [9.17, 15) is 19.1 Å². The van der Waals surface area contributed by atoms with Gasteiger partial charge in [0.1, 0.15) is 17.3 Å². The minimum Gasteiger partial charge on any atom is -0.507 e. The van der Waals surface area contributed by atoms with Crippen molar-refractivity contribution in [3.63, 3.8) is 0 Å². The summed E-state index contributed by atoms with van der Waals surface area (Å²) < 4.78 is 20.4. The molecule has 0 saturated carbocycles. The predicted octanol–water partition coefficient (Wildman–Crippen LogP) is 6.16. The van der Waals surface area contributed by atoms with Gasteiger partial charge in [0.05, 0.1) is 23.2 Å². The van der Waals surface area contributed by atoms with Crippen molar-refractivity contribution < 1.29 is 23.8 Å². The summed E-state index contributed by atoms with van der Waals surface area (Å²) in [5.74, 6) is -2.66. The van der Waals surface area contributed by atoms with Crippen LogP contribution in [0.3, 0.4) is 0 Å². The second-order valence-electron chi connectivity index (χ2n) is 7.25. The molecule has 1 atom stereocenters. The lowest BCUT2D eigenvalue weighted by molar-refractivity contribution is -0.132. The number of carbonyl (C=O) groups is 2. The number of halogens is 3. The van der Waals surface area contributed by atoms with Crippen LogP contribution in [0.2, 0.25) is 10.0 Å². The van der Waals surface area contributed by atoms with Crippen LogP contribution in [-0.4, -0.2) is 23.4 Å². The number of ketones is 1. The van der Waals surface area contributed by atoms with E-state index in [1.165, 1.54) is 36.4 Å². The first-order chi connectivity index (χ1) is 15.8. The zero-order valence-corrected chi connectivity index (χ0v) is 18.9. The molecule has 1 aliphatic rings. The Morgan fingerprint density at radius 1 is 1.06 bits per heavy atom. The number of Topliss-reactive ketones (excluding diaryl/α,β-unsaturated/α-hetero) is 1. The average molecular weight is 486 g/mol. The SMILES string of the molecule is CCOc1ccc(Cl)c(/C(O)=C2\C(=O)C(=O)N(c3cccc(Cl)c3)C2c2ccccc2F)c1. The zero-order chi connectivity index (χ0) is 23.7. The second-order valence-corrected chi connectivity index (χ2v) is 8.09. The van der Waals surface area contributed by atoms with Crippen LogP contribution in [0.15, 0.2) is 72.3 Å². The van der Waals surface area contributed by atoms with Gasteiger partial charge >= 0.3 is 0 Å². The van der Waals surface area contributed by atoms with Crippen molar-refractivity contribution in [2.24, 2.45) is 0 Å². The molecule has 0 radical (unpaired) electrons. The minimum absolute atomic E-state index is 0.0373. The number of carbonyl (C=O) groups excluding carboxylic acids is 2. The number of amides is 1. The van der Waals surface area contributed by atoms with Gasteiger partial charge in [-0.2, -0.15) is 0 Å². The number of nitrogens with zero attached hydrogens (tertiary/aromatic N) is 1. The van der Waals surface area contributed by atoms with Gasteiger partial charge in [0.2, 0.25) is 0 Å². The largest absolute Gasteiger partial charge is 0.507 e. The Morgan fingerprint density at radius 3 is 2.52 bits per heavy atom. The average Bonchev–Trinajstić information content (AvgIpc) is 3.05. The molecule has 1 N–H and O–H groups in total. The lowest BCUT2D eigenvalue weighted by atomic mass is 9.94. The Labute approximate surface area is 199 Å². The van der Waals surface area contributed by atoms with E-state index in [1.54, 1.807) is 37.3 Å². The van der Waals surface area contributed by atoms with Gasteiger partial charge in [-0.05, 0) is 49.4 Å². The molecule has 0 spiro atoms. The third-order valence-electron chi connectivity index (χ3n) is 5.23. The summed E-state index contributed by atoms with van der Waals surface area (Å²) in [6, 6.07) is 15.4. The topological polar surface area (TPSA) is 66.8 Å². The van der Waals surface area contributed by atoms with Crippen LogP contribution in [0.1, 0.15) is 24.1 Å². The normalized spacial score (nSPS) is 17.5. The van der Waals surface area contributed by atoms with Crippen molar-refractivity contribution in [2.45, 2.75) is 13.0 Å². The number of hydrogen-bond donors (Lipinski definition) is 1. The van der Waals surface area contributed by atoms with Gasteiger partial charge in [-0.3, -0.25) is 14.5 Å². The Bertz CT molecular complexity index is 1290. The molecule has 0 aliphatic carbocycles. The summed E-state index contributed by atoms with van der Waals surface area (Å²) >= 11 is 12.4. The van der Waals surface area contributed by atoms with Gasteiger partial charge in [-0.25, -0.2) is 4.39 Å². The van der Waals surface area contributed by atoms with E-state index in [0.717, 1.165) is 4.90 Å². The Hall–Kier alpha value is -3.35. The molecule has 1 saturated heterocycles. The summed E-state index contributed by atoms with van der Waals surface area (Å²) in [7, 11) is 0. The second kappa shape index (κ2) is 9.25. The lowest BCUT2D eigenvalue weighted by Gasteiger charge is -2.26. The van der Waals surface area contributed by atoms with E-state index in [0.29, 0.717) is 17.4 Å². The van der Waals surface area contributed by atoms with E-state index in [-0.39, 0.29) is 27.4 Å². The molecular weight excluding hydrogens is 468 g/mol. The summed E-state index contributed by atoms with van der Waals surface area (Å²) in [5, 5.41) is 11.7. The molecule has 4 rings (SSSR count). The molecule has 5 nitrogen and oxygen atoms in total. The molecule has 0 aromatic heterocycles. The van der Waals surface area contributed by atoms with Crippen LogP contribution in [0.4, 0.5) is 10.1 Å². The monoisotopic (exact) mass is 485 g/mol. The number of rotatable bonds is 5. The van der Waals surface area contributed by atoms with Crippen LogP contribution >= 0.6 is 23.2 Å². The molecule has 1 fully saturated rings. The van der Waals surface area contributed by atoms with Crippen LogP contribution < -0.4 is 9.64 Å². The number of hydrogen-bond acceptors (Lipinski definition) is 4. The molecule has 1 unspecified atom stereocenters. The highest BCUT2D eigenvalue weighted by Crippen LogP contribution is 2.44. The molecule has 3 aromatic rings. The summed E-state index contributed by atoms with van der Waals surface area (Å²) in [6.45, 7) is 2.17. The molecule has 8 heteroatoms. The molecule has 3 aromatic carbocycles. The maximum absolute atomic E-state index is 14.9. The van der Waals surface area contributed by atoms with E-state index < -0.39 is 29.3 Å². The summed E-state index contributed by atoms with van der Waals surface area (Å²) in [5.41, 5.74) is 0.120. The van der Waals surface area contributed by atoms with Gasteiger partial charge < -0.3 is 9.84 Å². The van der Waals surface area contributed by atoms with Gasteiger partial charge in [0.15, 0.2) is 0 Å². The fourth-order valence-corrected chi connectivity index (χ4v) is 4.19. The smallest absolute Gasteiger partial charge is 0.300 e. The standard InChI is InChI=1S/C25H18Cl2FNO4/c1-2-33-16-10-11-19(27)18(13-16)23(30)21-22(17-8-3-4-9-20(17)28)29(25(32)24(21)31)15-7-5-6-14(26)12-15/h3-13,22,30H,2H2,1H3/b23-21+. The highest BCUT2D eigenvalue weighted by molar-refractivity contribution is 6.52. The molecule has 0 bridgehead atoms. The quantitative estimate of drug-likeness (QED) is 0.267. The maximum atomic E-state index is 14.9. The summed E-state index contributed by atoms with van der Waals surface area (Å²) in [4.78, 5) is 27.4. The number of ether oxygens (including phenoxy) is 1. The zero-order valence-electron chi connectivity index (χ0n) is 17.4. The molecular formula is C25H18Cl2FNO4. The van der Waals surface area contributed by atoms with E-state index in [1.807, 2.05) is 0 Å². The highest BCUT2D eigenvalue weighted by atomic mass is 35.5. The first-order valence-electron chi connectivity index (χ1n) is 10.1. The number of aliphatic hydroxyl groups excluding tert-OH is 1. The Morgan fingerprint density at radius 2 is 1.82 bits per heavy atom. The fraction of sp³-hybridized carbons (Fsp3) is 0.120. The minimum atomic E-state index is -1.24. The molecule has 1 heterocycles. The van der Waals surface area contributed by atoms with E-state index >= 15 is 0 Å². The third-order valence-corrected chi connectivity index (χ3v) is 5.80. The maximum Gasteiger partial charge on any atom is 0.300 e. The van der Waals surface area contributed by atoms with Crippen molar-refractivity contribution in [1.82, 2.24) is 0 Å². The van der Waals surface area contributed by atoms with Crippen LogP contribution in [0, 0.1) is 5.82 Å². The number of anilines is 1. The predicted molar refractivity (Wildman–Crippen MR) is 125 cm³/mol. The first kappa shape index (κ1) is 22.8. The first-order valence-corrected chi connectivity index (χ1v) is 10.8. The number of benzene rings is 3. The van der Waals surface area contributed by atoms with Crippen molar-refractivity contribution in [1.29, 1.82) is 0 Å². The van der Waals surface area contributed by atoms with Gasteiger partial charge in [-0.15, -0.1) is 0 Å². The van der Waals surface area contributed by atoms with E-state index in [2.05, 4.69) is 0 Å². The third kappa shape index (κ3) is 4.19. The Balaban J connectivity index is 1.98. The molecule has 1 aliphatic heterocycles. The fourth-order valence-electron chi connectivity index (χ4n) is 3.80. The van der Waals surface area contributed by atoms with Crippen molar-refractivity contribution in [2.75, 3.05) is 11.5 Å². The molecule has 1 amide bonds. The van der Waals surface area contributed by atoms with E-state index in [4.69, 9.17) is 27.9 Å². The summed E-state index contributed by atoms with van der Waals surface area (Å²) in [6.07, 6.45) is 0. The van der Waals surface area contributed by atoms with Crippen molar-refractivity contribution in [3.05, 3.63) is 99.3 Å². The molecule has 33 heavy (non-hydrogen) atoms. The van der Waals surface area contributed by atoms with Gasteiger partial charge in [0.25, 0.3) is 11.7 Å². The highest BCUT2D eigenvalue weighted by Gasteiger charge is 2.48. The van der Waals surface area contributed by atoms with Crippen LogP contribution in [-0.2, 0) is 9.59 Å². The number of aliphatic hydroxyl groups is 1. The molecule has 168 valence electrons. The van der Waals surface area contributed by atoms with Crippen molar-refractivity contribution >= 4 is 46.3 Å². The van der Waals surface area contributed by atoms with Crippen molar-refractivity contribution in [3.8, 4) is 5.75 Å². The van der Waals surface area contributed by atoms with Gasteiger partial charge in [-0.1, -0.05) is 47.5 Å². The Kier molecular flexibility index (Phi) is 6.40. The van der Waals surface area contributed by atoms with Crippen LogP contribution in [0.5, 0.6) is 5.75 Å². The van der Waals surface area contributed by atoms with Crippen LogP contribution in [0.25, 0.3) is 5.76 Å². The van der Waals surface area contributed by atoms with Gasteiger partial charge in [0, 0.05) is 21.8 Å².